The second-order valence-electron chi connectivity index (χ2n) is 9.79. The molecule has 1 aromatic rings. The van der Waals surface area contributed by atoms with Gasteiger partial charge in [-0.3, -0.25) is 4.79 Å². The molecular weight excluding hydrogens is 486 g/mol. The highest BCUT2D eigenvalue weighted by Gasteiger charge is 2.30. The van der Waals surface area contributed by atoms with Gasteiger partial charge in [0.2, 0.25) is 5.91 Å². The number of hydrogen-bond acceptors (Lipinski definition) is 7. The highest BCUT2D eigenvalue weighted by Crippen LogP contribution is 2.24. The molecule has 1 aliphatic carbocycles. The number of nitrogens with zero attached hydrogens (tertiary/aromatic N) is 5. The van der Waals surface area contributed by atoms with E-state index in [0.29, 0.717) is 42.5 Å². The minimum Gasteiger partial charge on any atom is -0.354 e. The van der Waals surface area contributed by atoms with E-state index in [1.54, 1.807) is 6.07 Å². The molecule has 9 nitrogen and oxygen atoms in total. The van der Waals surface area contributed by atoms with E-state index >= 15 is 0 Å². The molecule has 0 aromatic carbocycles. The van der Waals surface area contributed by atoms with Gasteiger partial charge < -0.3 is 25.3 Å². The van der Waals surface area contributed by atoms with Crippen LogP contribution in [0.2, 0.25) is 5.15 Å². The zero-order valence-corrected chi connectivity index (χ0v) is 22.2. The smallest absolute Gasteiger partial charge is 0.317 e. The molecule has 1 saturated carbocycles. The summed E-state index contributed by atoms with van der Waals surface area (Å²) in [6.07, 6.45) is 8.33. The Morgan fingerprint density at radius 1 is 1.09 bits per heavy atom. The maximum absolute atomic E-state index is 12.8. The van der Waals surface area contributed by atoms with Crippen LogP contribution in [0.25, 0.3) is 0 Å². The zero-order valence-electron chi connectivity index (χ0n) is 20.7. The molecule has 0 bridgehead atoms. The van der Waals surface area contributed by atoms with Crippen molar-refractivity contribution in [3.05, 3.63) is 11.2 Å². The Morgan fingerprint density at radius 3 is 2.60 bits per heavy atom. The van der Waals surface area contributed by atoms with Crippen LogP contribution >= 0.6 is 23.4 Å². The maximum atomic E-state index is 12.8. The van der Waals surface area contributed by atoms with E-state index < -0.39 is 0 Å². The number of halogens is 1. The lowest BCUT2D eigenvalue weighted by Gasteiger charge is -2.41. The number of rotatable bonds is 8. The first-order valence-electron chi connectivity index (χ1n) is 13.0. The Morgan fingerprint density at radius 2 is 1.86 bits per heavy atom. The van der Waals surface area contributed by atoms with Crippen molar-refractivity contribution in [2.45, 2.75) is 69.1 Å². The van der Waals surface area contributed by atoms with Gasteiger partial charge in [-0.25, -0.2) is 14.8 Å². The molecule has 11 heteroatoms. The fraction of sp³-hybridized carbons (Fsp3) is 0.750. The number of carbonyl (C=O) groups is 2. The van der Waals surface area contributed by atoms with Crippen molar-refractivity contribution in [2.75, 3.05) is 56.5 Å². The predicted octanol–water partition coefficient (Wildman–Crippen LogP) is 2.99. The lowest BCUT2D eigenvalue weighted by atomic mass is 9.96. The molecule has 0 spiro atoms. The minimum absolute atomic E-state index is 0.0227. The molecular formula is C24H38ClN7O2S. The van der Waals surface area contributed by atoms with Crippen LogP contribution < -0.4 is 15.5 Å². The minimum atomic E-state index is -0.0227. The number of thioether (sulfide) groups is 1. The van der Waals surface area contributed by atoms with Crippen molar-refractivity contribution in [1.29, 1.82) is 0 Å². The molecule has 3 aliphatic rings. The number of hydrogen-bond donors (Lipinski definition) is 2. The summed E-state index contributed by atoms with van der Waals surface area (Å²) in [4.78, 5) is 40.5. The first-order valence-corrected chi connectivity index (χ1v) is 14.3. The fourth-order valence-corrected chi connectivity index (χ4v) is 6.04. The summed E-state index contributed by atoms with van der Waals surface area (Å²) < 4.78 is 0. The van der Waals surface area contributed by atoms with Gasteiger partial charge in [0.15, 0.2) is 5.16 Å². The number of anilines is 1. The monoisotopic (exact) mass is 523 g/mol. The molecule has 0 radical (unpaired) electrons. The first kappa shape index (κ1) is 26.3. The molecule has 194 valence electrons. The molecule has 2 saturated heterocycles. The highest BCUT2D eigenvalue weighted by atomic mass is 35.5. The summed E-state index contributed by atoms with van der Waals surface area (Å²) in [6.45, 7) is 7.86. The van der Waals surface area contributed by atoms with Gasteiger partial charge >= 0.3 is 6.03 Å². The van der Waals surface area contributed by atoms with Crippen LogP contribution in [0.5, 0.6) is 0 Å². The first-order chi connectivity index (χ1) is 17.0. The molecule has 2 N–H and O–H groups in total. The number of carbonyl (C=O) groups excluding carboxylic acids is 2. The Balaban J connectivity index is 1.24. The summed E-state index contributed by atoms with van der Waals surface area (Å²) in [7, 11) is 0. The average molecular weight is 524 g/mol. The Kier molecular flexibility index (Phi) is 9.74. The van der Waals surface area contributed by atoms with Crippen molar-refractivity contribution >= 4 is 41.1 Å². The third-order valence-electron chi connectivity index (χ3n) is 7.09. The van der Waals surface area contributed by atoms with Gasteiger partial charge in [-0.2, -0.15) is 0 Å². The van der Waals surface area contributed by atoms with E-state index in [1.165, 1.54) is 43.9 Å². The van der Waals surface area contributed by atoms with Crippen molar-refractivity contribution < 1.29 is 9.59 Å². The summed E-state index contributed by atoms with van der Waals surface area (Å²) in [5, 5.41) is 7.06. The van der Waals surface area contributed by atoms with Gasteiger partial charge in [-0.1, -0.05) is 42.6 Å². The van der Waals surface area contributed by atoms with Crippen LogP contribution in [-0.4, -0.2) is 95.4 Å². The molecule has 3 amide bonds. The molecule has 1 atom stereocenters. The number of piperazine rings is 1. The van der Waals surface area contributed by atoms with Crippen LogP contribution in [0.3, 0.4) is 0 Å². The second kappa shape index (κ2) is 13.0. The Bertz CT molecular complexity index is 864. The molecule has 1 aromatic heterocycles. The summed E-state index contributed by atoms with van der Waals surface area (Å²) in [5.41, 5.74) is 0. The normalized spacial score (nSPS) is 21.8. The van der Waals surface area contributed by atoms with E-state index in [4.69, 9.17) is 11.6 Å². The number of aromatic nitrogens is 2. The Labute approximate surface area is 217 Å². The topological polar surface area (TPSA) is 93.7 Å². The average Bonchev–Trinajstić information content (AvgIpc) is 3.36. The third-order valence-corrected chi connectivity index (χ3v) is 8.13. The second-order valence-corrected chi connectivity index (χ2v) is 11.1. The molecule has 35 heavy (non-hydrogen) atoms. The fourth-order valence-electron chi connectivity index (χ4n) is 5.12. The summed E-state index contributed by atoms with van der Waals surface area (Å²) in [6, 6.07) is 2.15. The van der Waals surface area contributed by atoms with E-state index in [-0.39, 0.29) is 23.7 Å². The highest BCUT2D eigenvalue weighted by molar-refractivity contribution is 7.99. The van der Waals surface area contributed by atoms with Crippen LogP contribution in [0.4, 0.5) is 10.6 Å². The number of nitrogens with one attached hydrogen (secondary N) is 2. The SMILES string of the molecule is CC1CN(c2cc(Cl)nc(SCC(=O)NCCN3CCCC3)n2)CCN1C(=O)NC1CCCCC1. The van der Waals surface area contributed by atoms with Crippen molar-refractivity contribution in [2.24, 2.45) is 0 Å². The van der Waals surface area contributed by atoms with E-state index in [9.17, 15) is 9.59 Å². The van der Waals surface area contributed by atoms with Crippen LogP contribution in [-0.2, 0) is 4.79 Å². The Hall–Kier alpha value is -1.78. The quantitative estimate of drug-likeness (QED) is 0.307. The van der Waals surface area contributed by atoms with E-state index in [0.717, 1.165) is 38.3 Å². The maximum Gasteiger partial charge on any atom is 0.317 e. The third kappa shape index (κ3) is 7.85. The lowest BCUT2D eigenvalue weighted by molar-refractivity contribution is -0.118. The summed E-state index contributed by atoms with van der Waals surface area (Å²) >= 11 is 7.59. The van der Waals surface area contributed by atoms with Crippen molar-refractivity contribution in [1.82, 2.24) is 30.4 Å². The van der Waals surface area contributed by atoms with E-state index in [2.05, 4.69) is 37.3 Å². The number of likely N-dealkylation sites (tertiary alicyclic amines) is 1. The van der Waals surface area contributed by atoms with Gasteiger partial charge in [0.25, 0.3) is 0 Å². The van der Waals surface area contributed by atoms with Gasteiger partial charge in [0.05, 0.1) is 5.75 Å². The summed E-state index contributed by atoms with van der Waals surface area (Å²) in [5.74, 6) is 0.970. The van der Waals surface area contributed by atoms with Gasteiger partial charge in [-0.15, -0.1) is 0 Å². The zero-order chi connectivity index (χ0) is 24.6. The van der Waals surface area contributed by atoms with Crippen LogP contribution in [0.15, 0.2) is 11.2 Å². The lowest BCUT2D eigenvalue weighted by Crippen LogP contribution is -2.58. The molecule has 4 rings (SSSR count). The molecule has 3 heterocycles. The van der Waals surface area contributed by atoms with E-state index in [1.807, 2.05) is 4.90 Å². The van der Waals surface area contributed by atoms with Gasteiger partial charge in [-0.05, 0) is 45.7 Å². The standard InChI is InChI=1S/C24H38ClN7O2S/c1-18-16-31(13-14-32(18)24(34)27-19-7-3-2-4-8-19)21-15-20(25)28-23(29-21)35-17-22(33)26-9-12-30-10-5-6-11-30/h15,18-19H,2-14,16-17H2,1H3,(H,26,33)(H,27,34). The predicted molar refractivity (Wildman–Crippen MR) is 140 cm³/mol. The van der Waals surface area contributed by atoms with Crippen molar-refractivity contribution in [3.63, 3.8) is 0 Å². The molecule has 3 fully saturated rings. The largest absolute Gasteiger partial charge is 0.354 e. The van der Waals surface area contributed by atoms with Crippen LogP contribution in [0.1, 0.15) is 51.9 Å². The van der Waals surface area contributed by atoms with Crippen molar-refractivity contribution in [3.8, 4) is 0 Å². The molecule has 2 aliphatic heterocycles. The van der Waals surface area contributed by atoms with Crippen LogP contribution in [0, 0.1) is 0 Å². The van der Waals surface area contributed by atoms with Gasteiger partial charge in [0, 0.05) is 50.9 Å². The molecule has 1 unspecified atom stereocenters. The number of amides is 3. The number of urea groups is 1. The van der Waals surface area contributed by atoms with Gasteiger partial charge in [0.1, 0.15) is 11.0 Å².